The van der Waals surface area contributed by atoms with Crippen LogP contribution in [0.5, 0.6) is 0 Å². The van der Waals surface area contributed by atoms with E-state index in [1.807, 2.05) is 0 Å². The van der Waals surface area contributed by atoms with Crippen molar-refractivity contribution in [3.8, 4) is 0 Å². The minimum absolute atomic E-state index is 0.0850. The molecule has 4 nitrogen and oxygen atoms in total. The second kappa shape index (κ2) is 7.29. The molecule has 1 fully saturated rings. The lowest BCUT2D eigenvalue weighted by molar-refractivity contribution is -0.117. The molecule has 2 aromatic rings. The van der Waals surface area contributed by atoms with Crippen molar-refractivity contribution in [3.63, 3.8) is 0 Å². The van der Waals surface area contributed by atoms with Crippen molar-refractivity contribution in [1.29, 1.82) is 0 Å². The number of halogens is 3. The highest BCUT2D eigenvalue weighted by molar-refractivity contribution is 14.1. The van der Waals surface area contributed by atoms with Crippen LogP contribution in [0.15, 0.2) is 36.4 Å². The largest absolute Gasteiger partial charge is 0.321 e. The zero-order chi connectivity index (χ0) is 17.3. The summed E-state index contributed by atoms with van der Waals surface area (Å²) in [6.07, 6.45) is 1.39. The first-order chi connectivity index (χ1) is 11.5. The number of rotatable bonds is 3. The summed E-state index contributed by atoms with van der Waals surface area (Å²) in [7, 11) is 0. The van der Waals surface area contributed by atoms with Crippen molar-refractivity contribution in [1.82, 2.24) is 0 Å². The van der Waals surface area contributed by atoms with Gasteiger partial charge in [-0.2, -0.15) is 0 Å². The number of carbonyl (C=O) groups excluding carboxylic acids is 2. The fraction of sp³-hybridized carbons (Fsp3) is 0.176. The minimum Gasteiger partial charge on any atom is -0.321 e. The molecule has 1 N–H and O–H groups in total. The van der Waals surface area contributed by atoms with E-state index in [2.05, 4.69) is 27.9 Å². The van der Waals surface area contributed by atoms with Crippen molar-refractivity contribution in [2.45, 2.75) is 12.8 Å². The molecule has 2 amide bonds. The molecule has 0 bridgehead atoms. The fourth-order valence-electron chi connectivity index (χ4n) is 2.56. The first-order valence-electron chi connectivity index (χ1n) is 7.32. The van der Waals surface area contributed by atoms with Gasteiger partial charge >= 0.3 is 0 Å². The molecule has 0 radical (unpaired) electrons. The highest BCUT2D eigenvalue weighted by atomic mass is 127. The van der Waals surface area contributed by atoms with Crippen LogP contribution in [0.2, 0.25) is 10.0 Å². The lowest BCUT2D eigenvalue weighted by atomic mass is 10.2. The third-order valence-corrected chi connectivity index (χ3v) is 5.22. The molecular formula is C17H13Cl2IN2O2. The topological polar surface area (TPSA) is 49.4 Å². The predicted octanol–water partition coefficient (Wildman–Crippen LogP) is 4.98. The molecule has 1 heterocycles. The SMILES string of the molecule is O=C(Nc1cc(N2CCCC2=O)ccc1Cl)c1ccc(Cl)cc1I. The Morgan fingerprint density at radius 2 is 1.96 bits per heavy atom. The predicted molar refractivity (Wildman–Crippen MR) is 105 cm³/mol. The first-order valence-corrected chi connectivity index (χ1v) is 9.15. The van der Waals surface area contributed by atoms with E-state index in [-0.39, 0.29) is 11.8 Å². The zero-order valence-corrected chi connectivity index (χ0v) is 16.2. The summed E-state index contributed by atoms with van der Waals surface area (Å²) >= 11 is 14.2. The summed E-state index contributed by atoms with van der Waals surface area (Å²) < 4.78 is 0.750. The van der Waals surface area contributed by atoms with E-state index >= 15 is 0 Å². The van der Waals surface area contributed by atoms with E-state index in [0.29, 0.717) is 34.3 Å². The van der Waals surface area contributed by atoms with Gasteiger partial charge in [-0.15, -0.1) is 0 Å². The summed E-state index contributed by atoms with van der Waals surface area (Å²) in [5.41, 5.74) is 1.73. The molecular weight excluding hydrogens is 462 g/mol. The number of anilines is 2. The van der Waals surface area contributed by atoms with Gasteiger partial charge in [0.05, 0.1) is 16.3 Å². The van der Waals surface area contributed by atoms with Crippen LogP contribution >= 0.6 is 45.8 Å². The third kappa shape index (κ3) is 3.68. The lowest BCUT2D eigenvalue weighted by Gasteiger charge is -2.17. The van der Waals surface area contributed by atoms with Crippen LogP contribution in [-0.4, -0.2) is 18.4 Å². The van der Waals surface area contributed by atoms with Gasteiger partial charge in [0.1, 0.15) is 0 Å². The molecule has 2 aromatic carbocycles. The minimum atomic E-state index is -0.275. The molecule has 1 saturated heterocycles. The van der Waals surface area contributed by atoms with Crippen LogP contribution in [0.25, 0.3) is 0 Å². The number of nitrogens with one attached hydrogen (secondary N) is 1. The molecule has 124 valence electrons. The molecule has 7 heteroatoms. The van der Waals surface area contributed by atoms with Gasteiger partial charge in [-0.3, -0.25) is 9.59 Å². The third-order valence-electron chi connectivity index (χ3n) is 3.76. The van der Waals surface area contributed by atoms with Crippen LogP contribution in [0.3, 0.4) is 0 Å². The number of benzene rings is 2. The van der Waals surface area contributed by atoms with E-state index < -0.39 is 0 Å². The monoisotopic (exact) mass is 474 g/mol. The number of hydrogen-bond donors (Lipinski definition) is 1. The zero-order valence-electron chi connectivity index (χ0n) is 12.5. The molecule has 0 unspecified atom stereocenters. The van der Waals surface area contributed by atoms with Gasteiger partial charge < -0.3 is 10.2 Å². The van der Waals surface area contributed by atoms with Gasteiger partial charge in [0.25, 0.3) is 5.91 Å². The average molecular weight is 475 g/mol. The van der Waals surface area contributed by atoms with Gasteiger partial charge in [-0.25, -0.2) is 0 Å². The molecule has 1 aliphatic heterocycles. The van der Waals surface area contributed by atoms with Gasteiger partial charge in [0.15, 0.2) is 0 Å². The fourth-order valence-corrected chi connectivity index (χ4v) is 3.84. The van der Waals surface area contributed by atoms with Crippen molar-refractivity contribution in [2.75, 3.05) is 16.8 Å². The van der Waals surface area contributed by atoms with E-state index in [9.17, 15) is 9.59 Å². The number of nitrogens with zero attached hydrogens (tertiary/aromatic N) is 1. The second-order valence-electron chi connectivity index (χ2n) is 5.39. The Hall–Kier alpha value is -1.31. The molecule has 0 aromatic heterocycles. The van der Waals surface area contributed by atoms with Crippen LogP contribution in [0.4, 0.5) is 11.4 Å². The van der Waals surface area contributed by atoms with Gasteiger partial charge in [-0.05, 0) is 65.4 Å². The number of hydrogen-bond acceptors (Lipinski definition) is 2. The second-order valence-corrected chi connectivity index (χ2v) is 7.40. The molecule has 0 spiro atoms. The molecule has 0 saturated carbocycles. The first kappa shape index (κ1) is 17.5. The average Bonchev–Trinajstić information content (AvgIpc) is 2.95. The van der Waals surface area contributed by atoms with E-state index in [0.717, 1.165) is 15.7 Å². The summed E-state index contributed by atoms with van der Waals surface area (Å²) in [6, 6.07) is 10.3. The van der Waals surface area contributed by atoms with E-state index in [4.69, 9.17) is 23.2 Å². The Morgan fingerprint density at radius 1 is 1.17 bits per heavy atom. The van der Waals surface area contributed by atoms with Crippen molar-refractivity contribution < 1.29 is 9.59 Å². The van der Waals surface area contributed by atoms with Gasteiger partial charge in [-0.1, -0.05) is 23.2 Å². The maximum Gasteiger partial charge on any atom is 0.256 e. The molecule has 24 heavy (non-hydrogen) atoms. The summed E-state index contributed by atoms with van der Waals surface area (Å²) in [4.78, 5) is 26.1. The highest BCUT2D eigenvalue weighted by Crippen LogP contribution is 2.30. The molecule has 0 atom stereocenters. The van der Waals surface area contributed by atoms with E-state index in [1.165, 1.54) is 0 Å². The Labute approximate surface area is 163 Å². The molecule has 3 rings (SSSR count). The van der Waals surface area contributed by atoms with Crippen molar-refractivity contribution in [2.24, 2.45) is 0 Å². The summed E-state index contributed by atoms with van der Waals surface area (Å²) in [5.74, 6) is -0.190. The van der Waals surface area contributed by atoms with Crippen LogP contribution in [0.1, 0.15) is 23.2 Å². The Kier molecular flexibility index (Phi) is 5.32. The van der Waals surface area contributed by atoms with Crippen molar-refractivity contribution in [3.05, 3.63) is 55.6 Å². The molecule has 1 aliphatic rings. The summed E-state index contributed by atoms with van der Waals surface area (Å²) in [6.45, 7) is 0.683. The lowest BCUT2D eigenvalue weighted by Crippen LogP contribution is -2.24. The number of carbonyl (C=O) groups is 2. The quantitative estimate of drug-likeness (QED) is 0.638. The maximum absolute atomic E-state index is 12.5. The Bertz CT molecular complexity index is 826. The van der Waals surface area contributed by atoms with Crippen LogP contribution in [-0.2, 0) is 4.79 Å². The summed E-state index contributed by atoms with van der Waals surface area (Å²) in [5, 5.41) is 3.80. The number of amides is 2. The standard InChI is InChI=1S/C17H13Cl2IN2O2/c18-10-3-5-12(14(20)8-10)17(24)21-15-9-11(4-6-13(15)19)22-7-1-2-16(22)23/h3-6,8-9H,1-2,7H2,(H,21,24). The smallest absolute Gasteiger partial charge is 0.256 e. The van der Waals surface area contributed by atoms with E-state index in [1.54, 1.807) is 41.3 Å². The van der Waals surface area contributed by atoms with Crippen LogP contribution in [0, 0.1) is 3.57 Å². The normalized spacial score (nSPS) is 14.1. The Morgan fingerprint density at radius 3 is 2.62 bits per heavy atom. The maximum atomic E-state index is 12.5. The van der Waals surface area contributed by atoms with Gasteiger partial charge in [0.2, 0.25) is 5.91 Å². The van der Waals surface area contributed by atoms with Gasteiger partial charge in [0, 0.05) is 27.2 Å². The molecule has 0 aliphatic carbocycles. The Balaban J connectivity index is 1.86. The van der Waals surface area contributed by atoms with Crippen molar-refractivity contribution >= 4 is 69.0 Å². The highest BCUT2D eigenvalue weighted by Gasteiger charge is 2.22. The van der Waals surface area contributed by atoms with Crippen LogP contribution < -0.4 is 10.2 Å².